The molecule has 0 aliphatic carbocycles. The summed E-state index contributed by atoms with van der Waals surface area (Å²) in [6, 6.07) is 11.2. The van der Waals surface area contributed by atoms with Crippen molar-refractivity contribution in [3.05, 3.63) is 34.3 Å². The third-order valence-corrected chi connectivity index (χ3v) is 5.30. The summed E-state index contributed by atoms with van der Waals surface area (Å²) in [6.07, 6.45) is 6.21. The van der Waals surface area contributed by atoms with E-state index in [1.807, 2.05) is 0 Å². The zero-order chi connectivity index (χ0) is 13.4. The fraction of sp³-hybridized carbons (Fsp3) is 0.625. The number of fused-ring (bicyclic) bond motifs is 2. The highest BCUT2D eigenvalue weighted by atomic mass is 79.9. The Bertz CT molecular complexity index is 434. The van der Waals surface area contributed by atoms with Crippen molar-refractivity contribution < 1.29 is 0 Å². The van der Waals surface area contributed by atoms with E-state index in [4.69, 9.17) is 5.73 Å². The summed E-state index contributed by atoms with van der Waals surface area (Å²) >= 11 is 3.60. The minimum absolute atomic E-state index is 0.425. The van der Waals surface area contributed by atoms with Gasteiger partial charge in [-0.15, -0.1) is 0 Å². The Kier molecular flexibility index (Phi) is 3.97. The molecule has 2 fully saturated rings. The quantitative estimate of drug-likeness (QED) is 0.915. The molecule has 3 unspecified atom stereocenters. The van der Waals surface area contributed by atoms with Gasteiger partial charge in [0.05, 0.1) is 0 Å². The van der Waals surface area contributed by atoms with Gasteiger partial charge in [-0.05, 0) is 49.8 Å². The minimum Gasteiger partial charge on any atom is -0.328 e. The Hall–Kier alpha value is -0.380. The molecule has 3 atom stereocenters. The zero-order valence-corrected chi connectivity index (χ0v) is 13.1. The number of benzene rings is 1. The van der Waals surface area contributed by atoms with Crippen molar-refractivity contribution in [1.29, 1.82) is 0 Å². The number of nitrogens with zero attached hydrogens (tertiary/aromatic N) is 1. The molecule has 2 N–H and O–H groups in total. The SMILES string of the molecule is CCC(c1cccc(Br)c1)N1C2CCC1CC(N)C2. The van der Waals surface area contributed by atoms with Gasteiger partial charge in [-0.2, -0.15) is 0 Å². The van der Waals surface area contributed by atoms with E-state index in [0.29, 0.717) is 24.2 Å². The van der Waals surface area contributed by atoms with Gasteiger partial charge >= 0.3 is 0 Å². The van der Waals surface area contributed by atoms with Crippen molar-refractivity contribution in [1.82, 2.24) is 4.90 Å². The van der Waals surface area contributed by atoms with Crippen LogP contribution in [0.3, 0.4) is 0 Å². The van der Waals surface area contributed by atoms with E-state index < -0.39 is 0 Å². The molecule has 19 heavy (non-hydrogen) atoms. The van der Waals surface area contributed by atoms with E-state index in [1.165, 1.54) is 42.1 Å². The van der Waals surface area contributed by atoms with Crippen molar-refractivity contribution in [3.63, 3.8) is 0 Å². The molecule has 2 nitrogen and oxygen atoms in total. The Morgan fingerprint density at radius 1 is 1.32 bits per heavy atom. The van der Waals surface area contributed by atoms with E-state index in [2.05, 4.69) is 52.0 Å². The molecule has 0 radical (unpaired) electrons. The molecule has 2 saturated heterocycles. The largest absolute Gasteiger partial charge is 0.328 e. The van der Waals surface area contributed by atoms with Crippen LogP contribution >= 0.6 is 15.9 Å². The van der Waals surface area contributed by atoms with Gasteiger partial charge in [0.1, 0.15) is 0 Å². The van der Waals surface area contributed by atoms with Crippen molar-refractivity contribution in [2.45, 2.75) is 63.2 Å². The van der Waals surface area contributed by atoms with E-state index in [1.54, 1.807) is 0 Å². The average Bonchev–Trinajstić information content (AvgIpc) is 2.65. The lowest BCUT2D eigenvalue weighted by Crippen LogP contribution is -2.48. The fourth-order valence-electron chi connectivity index (χ4n) is 4.10. The first kappa shape index (κ1) is 13.6. The highest BCUT2D eigenvalue weighted by Gasteiger charge is 2.42. The second-order valence-electron chi connectivity index (χ2n) is 6.04. The topological polar surface area (TPSA) is 29.3 Å². The van der Waals surface area contributed by atoms with Crippen LogP contribution in [-0.4, -0.2) is 23.0 Å². The molecule has 0 saturated carbocycles. The van der Waals surface area contributed by atoms with Crippen molar-refractivity contribution >= 4 is 15.9 Å². The van der Waals surface area contributed by atoms with Gasteiger partial charge in [-0.1, -0.05) is 35.0 Å². The lowest BCUT2D eigenvalue weighted by molar-refractivity contribution is 0.0746. The predicted octanol–water partition coefficient (Wildman–Crippen LogP) is 3.85. The first-order valence-corrected chi connectivity index (χ1v) is 8.26. The van der Waals surface area contributed by atoms with Gasteiger partial charge in [0.25, 0.3) is 0 Å². The third-order valence-electron chi connectivity index (χ3n) is 4.81. The minimum atomic E-state index is 0.425. The summed E-state index contributed by atoms with van der Waals surface area (Å²) in [5, 5.41) is 0. The second kappa shape index (κ2) is 5.55. The van der Waals surface area contributed by atoms with E-state index >= 15 is 0 Å². The molecule has 2 bridgehead atoms. The summed E-state index contributed by atoms with van der Waals surface area (Å²) in [6.45, 7) is 2.31. The van der Waals surface area contributed by atoms with Crippen LogP contribution in [0.4, 0.5) is 0 Å². The molecule has 2 aliphatic heterocycles. The summed E-state index contributed by atoms with van der Waals surface area (Å²) in [5.74, 6) is 0. The van der Waals surface area contributed by atoms with Crippen molar-refractivity contribution in [2.24, 2.45) is 5.73 Å². The maximum Gasteiger partial charge on any atom is 0.0351 e. The number of halogens is 1. The Morgan fingerprint density at radius 2 is 2.00 bits per heavy atom. The van der Waals surface area contributed by atoms with Crippen LogP contribution in [0.15, 0.2) is 28.7 Å². The molecule has 3 rings (SSSR count). The van der Waals surface area contributed by atoms with Gasteiger partial charge in [0.15, 0.2) is 0 Å². The average molecular weight is 323 g/mol. The highest BCUT2D eigenvalue weighted by molar-refractivity contribution is 9.10. The predicted molar refractivity (Wildman–Crippen MR) is 83.0 cm³/mol. The molecular weight excluding hydrogens is 300 g/mol. The summed E-state index contributed by atoms with van der Waals surface area (Å²) in [4.78, 5) is 2.77. The van der Waals surface area contributed by atoms with Crippen LogP contribution in [0.1, 0.15) is 50.6 Å². The van der Waals surface area contributed by atoms with E-state index in [0.717, 1.165) is 0 Å². The molecule has 104 valence electrons. The standard InChI is InChI=1S/C16H23BrN2/c1-2-16(11-4-3-5-12(17)8-11)19-14-6-7-15(19)10-13(18)9-14/h3-5,8,13-16H,2,6-7,9-10,18H2,1H3. The number of hydrogen-bond donors (Lipinski definition) is 1. The zero-order valence-electron chi connectivity index (χ0n) is 11.6. The summed E-state index contributed by atoms with van der Waals surface area (Å²) in [5.41, 5.74) is 7.64. The summed E-state index contributed by atoms with van der Waals surface area (Å²) in [7, 11) is 0. The molecule has 2 heterocycles. The highest BCUT2D eigenvalue weighted by Crippen LogP contribution is 2.42. The van der Waals surface area contributed by atoms with E-state index in [-0.39, 0.29) is 0 Å². The number of rotatable bonds is 3. The van der Waals surface area contributed by atoms with Gasteiger partial charge < -0.3 is 5.73 Å². The van der Waals surface area contributed by atoms with Gasteiger partial charge in [-0.25, -0.2) is 0 Å². The Morgan fingerprint density at radius 3 is 2.58 bits per heavy atom. The van der Waals surface area contributed by atoms with Gasteiger partial charge in [0, 0.05) is 28.6 Å². The van der Waals surface area contributed by atoms with Crippen molar-refractivity contribution in [2.75, 3.05) is 0 Å². The number of hydrogen-bond acceptors (Lipinski definition) is 2. The third kappa shape index (κ3) is 2.61. The Labute approximate surface area is 124 Å². The lowest BCUT2D eigenvalue weighted by atomic mass is 9.92. The van der Waals surface area contributed by atoms with Gasteiger partial charge in [0.2, 0.25) is 0 Å². The molecule has 1 aromatic rings. The van der Waals surface area contributed by atoms with Crippen LogP contribution in [0.5, 0.6) is 0 Å². The fourth-order valence-corrected chi connectivity index (χ4v) is 4.51. The molecule has 3 heteroatoms. The molecule has 2 aliphatic rings. The first-order chi connectivity index (χ1) is 9.19. The van der Waals surface area contributed by atoms with Crippen LogP contribution in [-0.2, 0) is 0 Å². The van der Waals surface area contributed by atoms with Crippen LogP contribution < -0.4 is 5.73 Å². The van der Waals surface area contributed by atoms with Crippen LogP contribution in [0.2, 0.25) is 0 Å². The maximum absolute atomic E-state index is 6.19. The second-order valence-corrected chi connectivity index (χ2v) is 6.96. The van der Waals surface area contributed by atoms with E-state index in [9.17, 15) is 0 Å². The normalized spacial score (nSPS) is 32.5. The van der Waals surface area contributed by atoms with Crippen molar-refractivity contribution in [3.8, 4) is 0 Å². The molecule has 0 amide bonds. The molecule has 1 aromatic carbocycles. The molecule has 0 aromatic heterocycles. The Balaban J connectivity index is 1.87. The monoisotopic (exact) mass is 322 g/mol. The molecular formula is C16H23BrN2. The smallest absolute Gasteiger partial charge is 0.0351 e. The van der Waals surface area contributed by atoms with Crippen LogP contribution in [0.25, 0.3) is 0 Å². The number of nitrogens with two attached hydrogens (primary N) is 1. The van der Waals surface area contributed by atoms with Gasteiger partial charge in [-0.3, -0.25) is 4.90 Å². The first-order valence-electron chi connectivity index (χ1n) is 7.47. The number of piperidine rings is 1. The molecule has 0 spiro atoms. The van der Waals surface area contributed by atoms with Crippen LogP contribution in [0, 0.1) is 0 Å². The lowest BCUT2D eigenvalue weighted by Gasteiger charge is -2.43. The maximum atomic E-state index is 6.19. The summed E-state index contributed by atoms with van der Waals surface area (Å²) < 4.78 is 1.18.